The molecule has 1 aliphatic heterocycles. The highest BCUT2D eigenvalue weighted by molar-refractivity contribution is 6.30. The summed E-state index contributed by atoms with van der Waals surface area (Å²) in [7, 11) is 0. The molecule has 8 nitrogen and oxygen atoms in total. The molecular formula is C21H21ClN4O4. The summed E-state index contributed by atoms with van der Waals surface area (Å²) in [4.78, 5) is 16.3. The van der Waals surface area contributed by atoms with Gasteiger partial charge in [-0.25, -0.2) is 0 Å². The molecule has 0 saturated carbocycles. The monoisotopic (exact) mass is 428 g/mol. The lowest BCUT2D eigenvalue weighted by molar-refractivity contribution is -0.125. The zero-order chi connectivity index (χ0) is 20.9. The van der Waals surface area contributed by atoms with Crippen LogP contribution in [0.2, 0.25) is 5.02 Å². The first-order valence-electron chi connectivity index (χ1n) is 9.62. The van der Waals surface area contributed by atoms with Gasteiger partial charge < -0.3 is 19.2 Å². The van der Waals surface area contributed by atoms with Gasteiger partial charge in [0.2, 0.25) is 11.8 Å². The van der Waals surface area contributed by atoms with Crippen molar-refractivity contribution in [3.8, 4) is 17.2 Å². The Morgan fingerprint density at radius 1 is 1.20 bits per heavy atom. The first-order valence-corrected chi connectivity index (χ1v) is 10.0. The molecule has 0 aliphatic carbocycles. The Bertz CT molecular complexity index is 983. The quantitative estimate of drug-likeness (QED) is 0.641. The second kappa shape index (κ2) is 9.23. The van der Waals surface area contributed by atoms with Gasteiger partial charge >= 0.3 is 0 Å². The van der Waals surface area contributed by atoms with Gasteiger partial charge in [0.1, 0.15) is 11.9 Å². The highest BCUT2D eigenvalue weighted by atomic mass is 35.5. The van der Waals surface area contributed by atoms with Gasteiger partial charge in [0, 0.05) is 16.3 Å². The predicted octanol–water partition coefficient (Wildman–Crippen LogP) is 3.51. The van der Waals surface area contributed by atoms with Crippen LogP contribution in [0, 0.1) is 6.92 Å². The molecule has 1 saturated heterocycles. The average Bonchev–Trinajstić information content (AvgIpc) is 3.25. The van der Waals surface area contributed by atoms with Crippen LogP contribution in [-0.2, 0) is 9.53 Å². The lowest BCUT2D eigenvalue weighted by atomic mass is 10.0. The molecule has 3 heterocycles. The van der Waals surface area contributed by atoms with Gasteiger partial charge in [-0.15, -0.1) is 10.2 Å². The molecule has 4 rings (SSSR count). The van der Waals surface area contributed by atoms with E-state index in [9.17, 15) is 4.79 Å². The maximum absolute atomic E-state index is 12.1. The zero-order valence-corrected chi connectivity index (χ0v) is 17.1. The number of carbonyl (C=O) groups is 1. The van der Waals surface area contributed by atoms with Gasteiger partial charge in [0.15, 0.2) is 6.61 Å². The lowest BCUT2D eigenvalue weighted by Crippen LogP contribution is -2.43. The van der Waals surface area contributed by atoms with E-state index in [-0.39, 0.29) is 24.7 Å². The second-order valence-corrected chi connectivity index (χ2v) is 7.48. The lowest BCUT2D eigenvalue weighted by Gasteiger charge is -2.27. The Kier molecular flexibility index (Phi) is 6.25. The third-order valence-electron chi connectivity index (χ3n) is 4.70. The number of nitrogens with zero attached hydrogens (tertiary/aromatic N) is 3. The van der Waals surface area contributed by atoms with Crippen LogP contribution < -0.4 is 10.1 Å². The van der Waals surface area contributed by atoms with E-state index in [2.05, 4.69) is 20.5 Å². The minimum Gasteiger partial charge on any atom is -0.482 e. The molecule has 2 aromatic heterocycles. The van der Waals surface area contributed by atoms with E-state index >= 15 is 0 Å². The molecule has 9 heteroatoms. The van der Waals surface area contributed by atoms with Gasteiger partial charge in [-0.3, -0.25) is 9.78 Å². The van der Waals surface area contributed by atoms with Gasteiger partial charge in [-0.2, -0.15) is 0 Å². The summed E-state index contributed by atoms with van der Waals surface area (Å²) in [5, 5.41) is 11.8. The second-order valence-electron chi connectivity index (χ2n) is 7.04. The van der Waals surface area contributed by atoms with E-state index in [4.69, 9.17) is 25.5 Å². The van der Waals surface area contributed by atoms with Crippen molar-refractivity contribution in [1.29, 1.82) is 0 Å². The molecule has 2 atom stereocenters. The van der Waals surface area contributed by atoms with E-state index in [0.717, 1.165) is 17.7 Å². The largest absolute Gasteiger partial charge is 0.482 e. The number of pyridine rings is 1. The minimum absolute atomic E-state index is 0.0707. The van der Waals surface area contributed by atoms with Crippen LogP contribution in [0.25, 0.3) is 11.5 Å². The van der Waals surface area contributed by atoms with Gasteiger partial charge in [0.25, 0.3) is 5.91 Å². The fraction of sp³-hybridized carbons (Fsp3) is 0.333. The zero-order valence-electron chi connectivity index (χ0n) is 16.4. The highest BCUT2D eigenvalue weighted by Gasteiger charge is 2.28. The number of carbonyl (C=O) groups excluding carboxylic acids is 1. The molecule has 1 aliphatic rings. The van der Waals surface area contributed by atoms with Gasteiger partial charge in [0.05, 0.1) is 18.8 Å². The molecule has 0 bridgehead atoms. The molecule has 1 N–H and O–H groups in total. The molecule has 1 fully saturated rings. The standard InChI is InChI=1S/C21H21ClN4O4/c1-13-2-8-17(10-23-13)28-12-19(27)24-16-7-9-18(29-11-16)21-26-25-20(30-21)14-3-5-15(22)6-4-14/h2-6,8,10,16,18H,7,9,11-12H2,1H3,(H,24,27)/t16-,18+/m1/s1. The number of rotatable bonds is 6. The molecule has 1 aromatic carbocycles. The van der Waals surface area contributed by atoms with Crippen LogP contribution in [0.1, 0.15) is 30.5 Å². The fourth-order valence-corrected chi connectivity index (χ4v) is 3.22. The fourth-order valence-electron chi connectivity index (χ4n) is 3.09. The molecule has 0 spiro atoms. The number of halogens is 1. The Labute approximate surface area is 178 Å². The highest BCUT2D eigenvalue weighted by Crippen LogP contribution is 2.29. The van der Waals surface area contributed by atoms with Crippen molar-refractivity contribution in [2.75, 3.05) is 13.2 Å². The van der Waals surface area contributed by atoms with Crippen molar-refractivity contribution in [2.45, 2.75) is 31.9 Å². The number of hydrogen-bond donors (Lipinski definition) is 1. The maximum Gasteiger partial charge on any atom is 0.258 e. The van der Waals surface area contributed by atoms with E-state index in [1.54, 1.807) is 24.4 Å². The number of aryl methyl sites for hydroxylation is 1. The summed E-state index contributed by atoms with van der Waals surface area (Å²) in [5.41, 5.74) is 1.69. The number of benzene rings is 1. The number of hydrogen-bond acceptors (Lipinski definition) is 7. The van der Waals surface area contributed by atoms with Crippen molar-refractivity contribution >= 4 is 17.5 Å². The minimum atomic E-state index is -0.290. The average molecular weight is 429 g/mol. The number of nitrogens with one attached hydrogen (secondary N) is 1. The van der Waals surface area contributed by atoms with Crippen LogP contribution in [0.15, 0.2) is 47.0 Å². The Morgan fingerprint density at radius 2 is 2.03 bits per heavy atom. The third-order valence-corrected chi connectivity index (χ3v) is 4.95. The van der Waals surface area contributed by atoms with Crippen LogP contribution >= 0.6 is 11.6 Å². The summed E-state index contributed by atoms with van der Waals surface area (Å²) in [6, 6.07) is 10.7. The molecule has 156 valence electrons. The van der Waals surface area contributed by atoms with Crippen LogP contribution in [-0.4, -0.2) is 40.3 Å². The summed E-state index contributed by atoms with van der Waals surface area (Å²) in [5.74, 6) is 1.21. The molecular weight excluding hydrogens is 408 g/mol. The normalized spacial score (nSPS) is 18.7. The van der Waals surface area contributed by atoms with E-state index < -0.39 is 0 Å². The summed E-state index contributed by atoms with van der Waals surface area (Å²) < 4.78 is 17.0. The van der Waals surface area contributed by atoms with E-state index in [0.29, 0.717) is 35.6 Å². The molecule has 3 aromatic rings. The van der Waals surface area contributed by atoms with Crippen LogP contribution in [0.3, 0.4) is 0 Å². The summed E-state index contributed by atoms with van der Waals surface area (Å²) >= 11 is 5.91. The smallest absolute Gasteiger partial charge is 0.258 e. The van der Waals surface area contributed by atoms with Gasteiger partial charge in [-0.1, -0.05) is 11.6 Å². The molecule has 0 radical (unpaired) electrons. The predicted molar refractivity (Wildman–Crippen MR) is 109 cm³/mol. The maximum atomic E-state index is 12.1. The van der Waals surface area contributed by atoms with Crippen molar-refractivity contribution < 1.29 is 18.7 Å². The molecule has 1 amide bonds. The summed E-state index contributed by atoms with van der Waals surface area (Å²) in [6.07, 6.45) is 2.71. The van der Waals surface area contributed by atoms with E-state index in [1.165, 1.54) is 0 Å². The molecule has 0 unspecified atom stereocenters. The Morgan fingerprint density at radius 3 is 2.73 bits per heavy atom. The Hall–Kier alpha value is -2.97. The number of ether oxygens (including phenoxy) is 2. The SMILES string of the molecule is Cc1ccc(OCC(=O)N[C@@H]2CC[C@@H](c3nnc(-c4ccc(Cl)cc4)o3)OC2)cn1. The van der Waals surface area contributed by atoms with Crippen molar-refractivity contribution in [3.63, 3.8) is 0 Å². The number of aromatic nitrogens is 3. The first kappa shape index (κ1) is 20.3. The van der Waals surface area contributed by atoms with Crippen molar-refractivity contribution in [2.24, 2.45) is 0 Å². The van der Waals surface area contributed by atoms with Gasteiger partial charge in [-0.05, 0) is 56.2 Å². The van der Waals surface area contributed by atoms with Crippen molar-refractivity contribution in [1.82, 2.24) is 20.5 Å². The van der Waals surface area contributed by atoms with Crippen LogP contribution in [0.5, 0.6) is 5.75 Å². The first-order chi connectivity index (χ1) is 14.6. The third kappa shape index (κ3) is 5.14. The topological polar surface area (TPSA) is 99.4 Å². The van der Waals surface area contributed by atoms with Crippen LogP contribution in [0.4, 0.5) is 0 Å². The van der Waals surface area contributed by atoms with E-state index in [1.807, 2.05) is 25.1 Å². The number of amides is 1. The van der Waals surface area contributed by atoms with Crippen molar-refractivity contribution in [3.05, 3.63) is 59.2 Å². The molecule has 30 heavy (non-hydrogen) atoms. The Balaban J connectivity index is 1.24. The summed E-state index contributed by atoms with van der Waals surface area (Å²) in [6.45, 7) is 2.18.